The molecule has 0 aromatic carbocycles. The Morgan fingerprint density at radius 2 is 2.00 bits per heavy atom. The summed E-state index contributed by atoms with van der Waals surface area (Å²) >= 11 is 0. The molecule has 19 heavy (non-hydrogen) atoms. The van der Waals surface area contributed by atoms with E-state index in [9.17, 15) is 13.2 Å². The van der Waals surface area contributed by atoms with E-state index in [1.54, 1.807) is 0 Å². The molecule has 2 aliphatic rings. The molecule has 0 radical (unpaired) electrons. The molecule has 1 atom stereocenters. The molecule has 0 bridgehead atoms. The maximum atomic E-state index is 12.1. The fourth-order valence-electron chi connectivity index (χ4n) is 2.54. The first kappa shape index (κ1) is 14.7. The topological polar surface area (TPSA) is 84.5 Å². The van der Waals surface area contributed by atoms with Crippen LogP contribution >= 0.6 is 0 Å². The minimum absolute atomic E-state index is 0.0468. The van der Waals surface area contributed by atoms with Gasteiger partial charge in [0.05, 0.1) is 11.4 Å². The Labute approximate surface area is 114 Å². The number of sulfone groups is 1. The molecule has 2 saturated heterocycles. The van der Waals surface area contributed by atoms with Gasteiger partial charge in [-0.25, -0.2) is 8.42 Å². The largest absolute Gasteiger partial charge is 0.376 e. The number of hydrogen-bond acceptors (Lipinski definition) is 5. The Bertz CT molecular complexity index is 398. The van der Waals surface area contributed by atoms with Crippen molar-refractivity contribution in [2.45, 2.75) is 37.0 Å². The highest BCUT2D eigenvalue weighted by Crippen LogP contribution is 2.14. The van der Waals surface area contributed by atoms with Crippen LogP contribution in [0.2, 0.25) is 0 Å². The van der Waals surface area contributed by atoms with Gasteiger partial charge in [-0.2, -0.15) is 0 Å². The maximum absolute atomic E-state index is 12.1. The van der Waals surface area contributed by atoms with Crippen molar-refractivity contribution >= 4 is 15.7 Å². The second-order valence-electron chi connectivity index (χ2n) is 5.20. The number of nitrogens with one attached hydrogen (secondary N) is 2. The van der Waals surface area contributed by atoms with Gasteiger partial charge in [-0.1, -0.05) is 0 Å². The molecule has 0 saturated carbocycles. The lowest BCUT2D eigenvalue weighted by Gasteiger charge is -2.22. The summed E-state index contributed by atoms with van der Waals surface area (Å²) in [6, 6.07) is 0. The number of piperidine rings is 1. The average Bonchev–Trinajstić information content (AvgIpc) is 2.90. The second kappa shape index (κ2) is 6.67. The quantitative estimate of drug-likeness (QED) is 0.709. The Hall–Kier alpha value is -0.660. The highest BCUT2D eigenvalue weighted by atomic mass is 32.2. The van der Waals surface area contributed by atoms with E-state index in [4.69, 9.17) is 4.74 Å². The molecule has 2 fully saturated rings. The summed E-state index contributed by atoms with van der Waals surface area (Å²) in [7, 11) is -3.32. The smallest absolute Gasteiger partial charge is 0.235 e. The Morgan fingerprint density at radius 3 is 2.63 bits per heavy atom. The van der Waals surface area contributed by atoms with Crippen LogP contribution in [0.15, 0.2) is 0 Å². The van der Waals surface area contributed by atoms with Crippen LogP contribution in [0.25, 0.3) is 0 Å². The van der Waals surface area contributed by atoms with Crippen LogP contribution < -0.4 is 10.6 Å². The number of rotatable bonds is 5. The van der Waals surface area contributed by atoms with E-state index in [1.807, 2.05) is 0 Å². The summed E-state index contributed by atoms with van der Waals surface area (Å²) in [5, 5.41) is 5.41. The molecule has 0 aromatic heterocycles. The highest BCUT2D eigenvalue weighted by molar-refractivity contribution is 7.92. The number of amides is 1. The van der Waals surface area contributed by atoms with Gasteiger partial charge in [0.1, 0.15) is 5.75 Å². The minimum atomic E-state index is -3.32. The van der Waals surface area contributed by atoms with Crippen molar-refractivity contribution in [2.75, 3.05) is 32.0 Å². The monoisotopic (exact) mass is 290 g/mol. The summed E-state index contributed by atoms with van der Waals surface area (Å²) in [5.74, 6) is -0.807. The molecule has 2 aliphatic heterocycles. The van der Waals surface area contributed by atoms with Crippen LogP contribution in [0.4, 0.5) is 0 Å². The third-order valence-corrected chi connectivity index (χ3v) is 5.83. The number of carbonyl (C=O) groups excluding carboxylic acids is 1. The molecule has 2 N–H and O–H groups in total. The molecule has 2 rings (SSSR count). The predicted octanol–water partition coefficient (Wildman–Crippen LogP) is -0.552. The van der Waals surface area contributed by atoms with Gasteiger partial charge in [-0.05, 0) is 38.8 Å². The summed E-state index contributed by atoms with van der Waals surface area (Å²) in [5.41, 5.74) is 0. The molecule has 2 heterocycles. The molecule has 1 unspecified atom stereocenters. The molecule has 0 aliphatic carbocycles. The van der Waals surface area contributed by atoms with Crippen molar-refractivity contribution < 1.29 is 17.9 Å². The minimum Gasteiger partial charge on any atom is -0.376 e. The highest BCUT2D eigenvalue weighted by Gasteiger charge is 2.29. The first-order valence-corrected chi connectivity index (χ1v) is 8.60. The van der Waals surface area contributed by atoms with Gasteiger partial charge in [0, 0.05) is 13.2 Å². The standard InChI is InChI=1S/C12H22N2O4S/c15-12(14-8-10-2-1-7-18-10)9-19(16,17)11-3-5-13-6-4-11/h10-11,13H,1-9H2,(H,14,15). The predicted molar refractivity (Wildman–Crippen MR) is 71.7 cm³/mol. The normalized spacial score (nSPS) is 25.4. The zero-order chi connectivity index (χ0) is 13.7. The first-order valence-electron chi connectivity index (χ1n) is 6.88. The molecule has 6 nitrogen and oxygen atoms in total. The molecule has 1 amide bonds. The van der Waals surface area contributed by atoms with Gasteiger partial charge < -0.3 is 15.4 Å². The lowest BCUT2D eigenvalue weighted by molar-refractivity contribution is -0.119. The van der Waals surface area contributed by atoms with E-state index >= 15 is 0 Å². The fourth-order valence-corrected chi connectivity index (χ4v) is 4.20. The van der Waals surface area contributed by atoms with E-state index < -0.39 is 21.5 Å². The van der Waals surface area contributed by atoms with Gasteiger partial charge in [0.15, 0.2) is 9.84 Å². The van der Waals surface area contributed by atoms with Gasteiger partial charge in [-0.15, -0.1) is 0 Å². The van der Waals surface area contributed by atoms with Crippen molar-refractivity contribution in [3.05, 3.63) is 0 Å². The molecule has 0 aromatic rings. The lowest BCUT2D eigenvalue weighted by Crippen LogP contribution is -2.41. The van der Waals surface area contributed by atoms with Crippen LogP contribution in [0.1, 0.15) is 25.7 Å². The Morgan fingerprint density at radius 1 is 1.26 bits per heavy atom. The average molecular weight is 290 g/mol. The van der Waals surface area contributed by atoms with Gasteiger partial charge in [-0.3, -0.25) is 4.79 Å². The van der Waals surface area contributed by atoms with Crippen LogP contribution in [0.5, 0.6) is 0 Å². The molecular weight excluding hydrogens is 268 g/mol. The van der Waals surface area contributed by atoms with Gasteiger partial charge >= 0.3 is 0 Å². The number of ether oxygens (including phenoxy) is 1. The van der Waals surface area contributed by atoms with Crippen LogP contribution in [0, 0.1) is 0 Å². The first-order chi connectivity index (χ1) is 9.08. The van der Waals surface area contributed by atoms with E-state index in [0.717, 1.165) is 19.4 Å². The van der Waals surface area contributed by atoms with E-state index in [2.05, 4.69) is 10.6 Å². The van der Waals surface area contributed by atoms with E-state index in [0.29, 0.717) is 32.5 Å². The molecule has 110 valence electrons. The summed E-state index contributed by atoms with van der Waals surface area (Å²) < 4.78 is 29.5. The maximum Gasteiger partial charge on any atom is 0.235 e. The van der Waals surface area contributed by atoms with Crippen LogP contribution in [-0.2, 0) is 19.4 Å². The zero-order valence-electron chi connectivity index (χ0n) is 11.1. The second-order valence-corrected chi connectivity index (χ2v) is 7.48. The van der Waals surface area contributed by atoms with E-state index in [1.165, 1.54) is 0 Å². The number of hydrogen-bond donors (Lipinski definition) is 2. The van der Waals surface area contributed by atoms with Crippen molar-refractivity contribution in [2.24, 2.45) is 0 Å². The number of carbonyl (C=O) groups is 1. The molecular formula is C12H22N2O4S. The zero-order valence-corrected chi connectivity index (χ0v) is 11.9. The lowest BCUT2D eigenvalue weighted by atomic mass is 10.2. The third kappa shape index (κ3) is 4.43. The molecule has 7 heteroatoms. The van der Waals surface area contributed by atoms with Crippen molar-refractivity contribution in [3.8, 4) is 0 Å². The van der Waals surface area contributed by atoms with Crippen molar-refractivity contribution in [1.29, 1.82) is 0 Å². The Kier molecular flexibility index (Phi) is 5.18. The van der Waals surface area contributed by atoms with Gasteiger partial charge in [0.25, 0.3) is 0 Å². The van der Waals surface area contributed by atoms with Crippen molar-refractivity contribution in [1.82, 2.24) is 10.6 Å². The third-order valence-electron chi connectivity index (χ3n) is 3.68. The summed E-state index contributed by atoms with van der Waals surface area (Å²) in [6.45, 7) is 2.57. The van der Waals surface area contributed by atoms with Crippen LogP contribution in [0.3, 0.4) is 0 Å². The summed E-state index contributed by atoms with van der Waals surface area (Å²) in [6.07, 6.45) is 3.18. The summed E-state index contributed by atoms with van der Waals surface area (Å²) in [4.78, 5) is 11.7. The SMILES string of the molecule is O=C(CS(=O)(=O)C1CCNCC1)NCC1CCCO1. The fraction of sp³-hybridized carbons (Fsp3) is 0.917. The Balaban J connectivity index is 1.76. The van der Waals surface area contributed by atoms with Crippen molar-refractivity contribution in [3.63, 3.8) is 0 Å². The molecule has 0 spiro atoms. The van der Waals surface area contributed by atoms with Gasteiger partial charge in [0.2, 0.25) is 5.91 Å². The van der Waals surface area contributed by atoms with E-state index in [-0.39, 0.29) is 11.4 Å². The van der Waals surface area contributed by atoms with Crippen LogP contribution in [-0.4, -0.2) is 57.7 Å².